The molecule has 0 aliphatic carbocycles. The van der Waals surface area contributed by atoms with Crippen molar-refractivity contribution in [2.75, 3.05) is 32.8 Å². The van der Waals surface area contributed by atoms with Crippen molar-refractivity contribution in [2.45, 2.75) is 58.9 Å². The molecule has 1 unspecified atom stereocenters. The molecule has 3 N–H and O–H groups in total. The third kappa shape index (κ3) is 8.05. The van der Waals surface area contributed by atoms with Crippen molar-refractivity contribution in [1.82, 2.24) is 15.5 Å². The second-order valence-corrected chi connectivity index (χ2v) is 7.79. The van der Waals surface area contributed by atoms with Crippen molar-refractivity contribution in [3.63, 3.8) is 0 Å². The first-order chi connectivity index (χ1) is 14.2. The van der Waals surface area contributed by atoms with Gasteiger partial charge >= 0.3 is 0 Å². The first-order valence-corrected chi connectivity index (χ1v) is 11.2. The van der Waals surface area contributed by atoms with Gasteiger partial charge in [0.15, 0.2) is 5.96 Å². The maximum atomic E-state index is 12.6. The van der Waals surface area contributed by atoms with Crippen LogP contribution in [0.1, 0.15) is 68.3 Å². The smallest absolute Gasteiger partial charge is 0.253 e. The quantitative estimate of drug-likeness (QED) is 0.415. The average molecular weight is 403 g/mol. The Bertz CT molecular complexity index is 618. The number of guanidine groups is 1. The number of nitrogens with zero attached hydrogens (tertiary/aromatic N) is 2. The zero-order valence-corrected chi connectivity index (χ0v) is 18.1. The molecule has 1 aliphatic heterocycles. The Morgan fingerprint density at radius 3 is 2.45 bits per heavy atom. The number of hydrogen-bond acceptors (Lipinski definition) is 3. The topological polar surface area (TPSA) is 77.0 Å². The summed E-state index contributed by atoms with van der Waals surface area (Å²) in [4.78, 5) is 19.2. The summed E-state index contributed by atoms with van der Waals surface area (Å²) >= 11 is 0. The second-order valence-electron chi connectivity index (χ2n) is 7.79. The Kier molecular flexibility index (Phi) is 10.6. The van der Waals surface area contributed by atoms with Crippen molar-refractivity contribution >= 4 is 11.9 Å². The van der Waals surface area contributed by atoms with Crippen LogP contribution in [0.15, 0.2) is 29.3 Å². The van der Waals surface area contributed by atoms with E-state index in [2.05, 4.69) is 29.5 Å². The molecule has 0 saturated carbocycles. The van der Waals surface area contributed by atoms with Gasteiger partial charge in [0.2, 0.25) is 0 Å². The zero-order valence-electron chi connectivity index (χ0n) is 18.1. The summed E-state index contributed by atoms with van der Waals surface area (Å²) in [6.07, 6.45) is 6.46. The van der Waals surface area contributed by atoms with Crippen LogP contribution in [0.4, 0.5) is 0 Å². The third-order valence-corrected chi connectivity index (χ3v) is 5.40. The predicted octanol–water partition coefficient (Wildman–Crippen LogP) is 3.17. The Hall–Kier alpha value is -2.08. The molecule has 0 bridgehead atoms. The number of rotatable bonds is 10. The summed E-state index contributed by atoms with van der Waals surface area (Å²) in [6.45, 7) is 8.36. The SMILES string of the molecule is CCCC(CCO)CNC(=NCc1ccc(C(=O)N2CCCCC2)cc1)NCC. The molecule has 6 heteroatoms. The lowest BCUT2D eigenvalue weighted by Crippen LogP contribution is -2.40. The van der Waals surface area contributed by atoms with E-state index in [0.717, 1.165) is 75.4 Å². The molecular formula is C23H38N4O2. The van der Waals surface area contributed by atoms with Gasteiger partial charge in [-0.15, -0.1) is 0 Å². The molecule has 1 saturated heterocycles. The van der Waals surface area contributed by atoms with Gasteiger partial charge in [-0.1, -0.05) is 25.5 Å². The number of aliphatic imine (C=N–C) groups is 1. The van der Waals surface area contributed by atoms with Crippen LogP contribution < -0.4 is 10.6 Å². The van der Waals surface area contributed by atoms with Crippen LogP contribution in [-0.4, -0.2) is 54.7 Å². The Labute approximate surface area is 175 Å². The first-order valence-electron chi connectivity index (χ1n) is 11.2. The zero-order chi connectivity index (χ0) is 20.9. The van der Waals surface area contributed by atoms with E-state index in [1.54, 1.807) is 0 Å². The van der Waals surface area contributed by atoms with Gasteiger partial charge in [0.1, 0.15) is 0 Å². The molecule has 162 valence electrons. The Morgan fingerprint density at radius 2 is 1.83 bits per heavy atom. The van der Waals surface area contributed by atoms with Crippen molar-refractivity contribution < 1.29 is 9.90 Å². The van der Waals surface area contributed by atoms with E-state index in [-0.39, 0.29) is 12.5 Å². The van der Waals surface area contributed by atoms with Gasteiger partial charge in [-0.05, 0) is 62.6 Å². The van der Waals surface area contributed by atoms with Crippen molar-refractivity contribution in [3.05, 3.63) is 35.4 Å². The summed E-state index contributed by atoms with van der Waals surface area (Å²) in [5.74, 6) is 1.38. The predicted molar refractivity (Wildman–Crippen MR) is 119 cm³/mol. The Balaban J connectivity index is 1.91. The molecule has 0 aromatic heterocycles. The standard InChI is InChI=1S/C23H38N4O2/c1-3-8-19(13-16-28)17-25-23(24-4-2)26-18-20-9-11-21(12-10-20)22(29)27-14-6-5-7-15-27/h9-12,19,28H,3-8,13-18H2,1-2H3,(H2,24,25,26). The van der Waals surface area contributed by atoms with Crippen molar-refractivity contribution in [3.8, 4) is 0 Å². The first kappa shape index (κ1) is 23.2. The van der Waals surface area contributed by atoms with Gasteiger partial charge in [-0.25, -0.2) is 4.99 Å². The molecule has 1 aliphatic rings. The fourth-order valence-electron chi connectivity index (χ4n) is 3.72. The third-order valence-electron chi connectivity index (χ3n) is 5.40. The number of aliphatic hydroxyl groups excluding tert-OH is 1. The van der Waals surface area contributed by atoms with Crippen LogP contribution in [0.5, 0.6) is 0 Å². The summed E-state index contributed by atoms with van der Waals surface area (Å²) in [5, 5.41) is 15.9. The molecular weight excluding hydrogens is 364 g/mol. The van der Waals surface area contributed by atoms with E-state index in [1.165, 1.54) is 6.42 Å². The number of carbonyl (C=O) groups is 1. The number of amides is 1. The lowest BCUT2D eigenvalue weighted by molar-refractivity contribution is 0.0724. The van der Waals surface area contributed by atoms with Crippen LogP contribution in [0, 0.1) is 5.92 Å². The van der Waals surface area contributed by atoms with E-state index in [1.807, 2.05) is 29.2 Å². The summed E-state index contributed by atoms with van der Waals surface area (Å²) in [7, 11) is 0. The summed E-state index contributed by atoms with van der Waals surface area (Å²) in [5.41, 5.74) is 1.84. The highest BCUT2D eigenvalue weighted by Crippen LogP contribution is 2.14. The van der Waals surface area contributed by atoms with Crippen LogP contribution in [0.25, 0.3) is 0 Å². The fraction of sp³-hybridized carbons (Fsp3) is 0.652. The van der Waals surface area contributed by atoms with Crippen molar-refractivity contribution in [1.29, 1.82) is 0 Å². The normalized spacial score (nSPS) is 15.8. The molecule has 2 rings (SSSR count). The van der Waals surface area contributed by atoms with Gasteiger partial charge in [-0.2, -0.15) is 0 Å². The number of nitrogens with one attached hydrogen (secondary N) is 2. The van der Waals surface area contributed by atoms with Gasteiger partial charge in [0, 0.05) is 38.3 Å². The number of carbonyl (C=O) groups excluding carboxylic acids is 1. The molecule has 6 nitrogen and oxygen atoms in total. The molecule has 1 amide bonds. The maximum absolute atomic E-state index is 12.6. The van der Waals surface area contributed by atoms with Gasteiger partial charge < -0.3 is 20.6 Å². The van der Waals surface area contributed by atoms with Crippen LogP contribution in [0.2, 0.25) is 0 Å². The van der Waals surface area contributed by atoms with E-state index >= 15 is 0 Å². The minimum atomic E-state index is 0.139. The van der Waals surface area contributed by atoms with Crippen LogP contribution in [-0.2, 0) is 6.54 Å². The highest BCUT2D eigenvalue weighted by Gasteiger charge is 2.17. The number of aliphatic hydroxyl groups is 1. The number of piperidine rings is 1. The van der Waals surface area contributed by atoms with Crippen molar-refractivity contribution in [2.24, 2.45) is 10.9 Å². The highest BCUT2D eigenvalue weighted by molar-refractivity contribution is 5.94. The molecule has 0 radical (unpaired) electrons. The fourth-order valence-corrected chi connectivity index (χ4v) is 3.72. The van der Waals surface area contributed by atoms with E-state index < -0.39 is 0 Å². The monoisotopic (exact) mass is 402 g/mol. The lowest BCUT2D eigenvalue weighted by Gasteiger charge is -2.26. The van der Waals surface area contributed by atoms with Gasteiger partial charge in [0.25, 0.3) is 5.91 Å². The van der Waals surface area contributed by atoms with E-state index in [4.69, 9.17) is 0 Å². The average Bonchev–Trinajstić information content (AvgIpc) is 2.76. The molecule has 1 heterocycles. The summed E-state index contributed by atoms with van der Waals surface area (Å²) in [6, 6.07) is 7.83. The molecule has 0 spiro atoms. The number of hydrogen-bond donors (Lipinski definition) is 3. The van der Waals surface area contributed by atoms with Crippen LogP contribution in [0.3, 0.4) is 0 Å². The lowest BCUT2D eigenvalue weighted by atomic mass is 10.0. The van der Waals surface area contributed by atoms with Gasteiger partial charge in [0.05, 0.1) is 6.54 Å². The molecule has 29 heavy (non-hydrogen) atoms. The molecule has 1 atom stereocenters. The number of benzene rings is 1. The van der Waals surface area contributed by atoms with Gasteiger partial charge in [-0.3, -0.25) is 4.79 Å². The minimum absolute atomic E-state index is 0.139. The van der Waals surface area contributed by atoms with E-state index in [0.29, 0.717) is 12.5 Å². The number of likely N-dealkylation sites (tertiary alicyclic amines) is 1. The molecule has 1 fully saturated rings. The largest absolute Gasteiger partial charge is 0.396 e. The molecule has 1 aromatic rings. The molecule has 1 aromatic carbocycles. The maximum Gasteiger partial charge on any atom is 0.253 e. The van der Waals surface area contributed by atoms with E-state index in [9.17, 15) is 9.90 Å². The highest BCUT2D eigenvalue weighted by atomic mass is 16.3. The Morgan fingerprint density at radius 1 is 1.10 bits per heavy atom. The van der Waals surface area contributed by atoms with Crippen LogP contribution >= 0.6 is 0 Å². The minimum Gasteiger partial charge on any atom is -0.396 e. The summed E-state index contributed by atoms with van der Waals surface area (Å²) < 4.78 is 0. The second kappa shape index (κ2) is 13.2.